The summed E-state index contributed by atoms with van der Waals surface area (Å²) in [5, 5.41) is 1.08. The first-order valence-corrected chi connectivity index (χ1v) is 9.15. The molecule has 4 rings (SSSR count). The number of halogens is 2. The van der Waals surface area contributed by atoms with E-state index in [0.29, 0.717) is 10.0 Å². The van der Waals surface area contributed by atoms with E-state index in [1.54, 1.807) is 12.3 Å². The Hall–Kier alpha value is -1.47. The molecule has 1 fully saturated rings. The van der Waals surface area contributed by atoms with Crippen LogP contribution in [0.3, 0.4) is 0 Å². The lowest BCUT2D eigenvalue weighted by Gasteiger charge is -2.18. The number of nitrogens with zero attached hydrogens (tertiary/aromatic N) is 4. The van der Waals surface area contributed by atoms with E-state index >= 15 is 0 Å². The van der Waals surface area contributed by atoms with E-state index in [4.69, 9.17) is 28.9 Å². The van der Waals surface area contributed by atoms with Crippen LogP contribution in [0, 0.1) is 0 Å². The monoisotopic (exact) mass is 379 g/mol. The topological polar surface area (TPSA) is 59.5 Å². The summed E-state index contributed by atoms with van der Waals surface area (Å²) in [5.74, 6) is 0.872. The van der Waals surface area contributed by atoms with Crippen molar-refractivity contribution >= 4 is 46.6 Å². The molecular weight excluding hydrogens is 365 g/mol. The number of imidazole rings is 1. The Morgan fingerprint density at radius 2 is 2.08 bits per heavy atom. The zero-order valence-corrected chi connectivity index (χ0v) is 15.0. The second-order valence-electron chi connectivity index (χ2n) is 5.69. The minimum absolute atomic E-state index is 0.199. The van der Waals surface area contributed by atoms with Gasteiger partial charge >= 0.3 is 0 Å². The van der Waals surface area contributed by atoms with Crippen molar-refractivity contribution < 1.29 is 0 Å². The van der Waals surface area contributed by atoms with Gasteiger partial charge in [-0.05, 0) is 18.6 Å². The number of aromatic nitrogens is 3. The van der Waals surface area contributed by atoms with Gasteiger partial charge in [-0.3, -0.25) is 4.40 Å². The van der Waals surface area contributed by atoms with Crippen LogP contribution in [0.15, 0.2) is 46.6 Å². The van der Waals surface area contributed by atoms with Crippen molar-refractivity contribution in [2.75, 3.05) is 18.0 Å². The zero-order valence-electron chi connectivity index (χ0n) is 12.7. The number of fused-ring (bicyclic) bond motifs is 1. The smallest absolute Gasteiger partial charge is 0.211 e. The van der Waals surface area contributed by atoms with Gasteiger partial charge in [-0.25, -0.2) is 9.97 Å². The van der Waals surface area contributed by atoms with Gasteiger partial charge in [0, 0.05) is 42.6 Å². The van der Waals surface area contributed by atoms with Gasteiger partial charge in [0.05, 0.1) is 14.9 Å². The highest BCUT2D eigenvalue weighted by atomic mass is 35.5. The van der Waals surface area contributed by atoms with Crippen LogP contribution in [-0.4, -0.2) is 33.5 Å². The number of benzene rings is 1. The molecule has 3 heterocycles. The molecule has 124 valence electrons. The lowest BCUT2D eigenvalue weighted by Crippen LogP contribution is -2.28. The molecule has 1 aromatic carbocycles. The molecule has 1 aliphatic rings. The summed E-state index contributed by atoms with van der Waals surface area (Å²) in [7, 11) is 0. The van der Waals surface area contributed by atoms with Crippen LogP contribution in [0.1, 0.15) is 6.42 Å². The molecule has 5 nitrogen and oxygen atoms in total. The third-order valence-corrected chi connectivity index (χ3v) is 6.02. The SMILES string of the molecule is NC1CCN(c2ncc(Sc3cccc(Cl)c3Cl)c3nccn23)C1. The van der Waals surface area contributed by atoms with E-state index < -0.39 is 0 Å². The van der Waals surface area contributed by atoms with Crippen LogP contribution in [0.25, 0.3) is 5.65 Å². The molecule has 0 spiro atoms. The predicted molar refractivity (Wildman–Crippen MR) is 98.4 cm³/mol. The minimum atomic E-state index is 0.199. The number of hydrogen-bond donors (Lipinski definition) is 1. The summed E-state index contributed by atoms with van der Waals surface area (Å²) in [6, 6.07) is 5.79. The fourth-order valence-corrected chi connectivity index (χ4v) is 4.24. The van der Waals surface area contributed by atoms with Crippen molar-refractivity contribution in [2.45, 2.75) is 22.3 Å². The first kappa shape index (κ1) is 16.0. The van der Waals surface area contributed by atoms with Crippen LogP contribution in [0.5, 0.6) is 0 Å². The van der Waals surface area contributed by atoms with Gasteiger partial charge in [0.15, 0.2) is 5.65 Å². The molecule has 1 atom stereocenters. The number of anilines is 1. The fourth-order valence-electron chi connectivity index (χ4n) is 2.84. The molecule has 1 aliphatic heterocycles. The van der Waals surface area contributed by atoms with E-state index in [0.717, 1.165) is 40.9 Å². The van der Waals surface area contributed by atoms with E-state index in [1.165, 1.54) is 11.8 Å². The van der Waals surface area contributed by atoms with Gasteiger partial charge < -0.3 is 10.6 Å². The molecule has 2 N–H and O–H groups in total. The van der Waals surface area contributed by atoms with Crippen molar-refractivity contribution in [1.29, 1.82) is 0 Å². The molecule has 0 bridgehead atoms. The van der Waals surface area contributed by atoms with Crippen LogP contribution in [0.2, 0.25) is 10.0 Å². The highest BCUT2D eigenvalue weighted by Gasteiger charge is 2.23. The molecule has 0 aliphatic carbocycles. The maximum atomic E-state index is 6.30. The maximum absolute atomic E-state index is 6.30. The van der Waals surface area contributed by atoms with Crippen LogP contribution < -0.4 is 10.6 Å². The Morgan fingerprint density at radius 3 is 2.88 bits per heavy atom. The lowest BCUT2D eigenvalue weighted by atomic mass is 10.3. The number of hydrogen-bond acceptors (Lipinski definition) is 5. The van der Waals surface area contributed by atoms with Crippen LogP contribution in [-0.2, 0) is 0 Å². The van der Waals surface area contributed by atoms with E-state index in [9.17, 15) is 0 Å². The Labute approximate surface area is 153 Å². The minimum Gasteiger partial charge on any atom is -0.340 e. The average Bonchev–Trinajstić information content (AvgIpc) is 3.21. The number of nitrogens with two attached hydrogens (primary N) is 1. The summed E-state index contributed by atoms with van der Waals surface area (Å²) < 4.78 is 2.00. The van der Waals surface area contributed by atoms with E-state index in [-0.39, 0.29) is 6.04 Å². The second-order valence-corrected chi connectivity index (χ2v) is 7.56. The molecule has 0 saturated carbocycles. The van der Waals surface area contributed by atoms with Gasteiger partial charge in [-0.2, -0.15) is 0 Å². The molecular formula is C16H15Cl2N5S. The lowest BCUT2D eigenvalue weighted by molar-refractivity contribution is 0.749. The van der Waals surface area contributed by atoms with Gasteiger partial charge in [-0.1, -0.05) is 41.0 Å². The predicted octanol–water partition coefficient (Wildman–Crippen LogP) is 3.72. The summed E-state index contributed by atoms with van der Waals surface area (Å²) in [5.41, 5.74) is 6.87. The summed E-state index contributed by atoms with van der Waals surface area (Å²) in [6.45, 7) is 1.72. The third kappa shape index (κ3) is 2.84. The van der Waals surface area contributed by atoms with Crippen molar-refractivity contribution in [1.82, 2.24) is 14.4 Å². The van der Waals surface area contributed by atoms with Crippen molar-refractivity contribution in [3.05, 3.63) is 46.8 Å². The Balaban J connectivity index is 1.73. The summed E-state index contributed by atoms with van der Waals surface area (Å²) in [6.07, 6.45) is 6.52. The van der Waals surface area contributed by atoms with Crippen molar-refractivity contribution in [3.8, 4) is 0 Å². The molecule has 3 aromatic rings. The normalized spacial score (nSPS) is 17.8. The van der Waals surface area contributed by atoms with Crippen molar-refractivity contribution in [2.24, 2.45) is 5.73 Å². The molecule has 1 saturated heterocycles. The molecule has 0 amide bonds. The molecule has 2 aromatic heterocycles. The second kappa shape index (κ2) is 6.44. The molecule has 8 heteroatoms. The Kier molecular flexibility index (Phi) is 4.30. The molecule has 24 heavy (non-hydrogen) atoms. The first-order chi connectivity index (χ1) is 11.6. The summed E-state index contributed by atoms with van der Waals surface area (Å²) >= 11 is 13.9. The van der Waals surface area contributed by atoms with Gasteiger partial charge in [0.2, 0.25) is 5.95 Å². The van der Waals surface area contributed by atoms with Crippen LogP contribution in [0.4, 0.5) is 5.95 Å². The van der Waals surface area contributed by atoms with Gasteiger partial charge in [0.25, 0.3) is 0 Å². The largest absolute Gasteiger partial charge is 0.340 e. The zero-order chi connectivity index (χ0) is 16.7. The average molecular weight is 380 g/mol. The summed E-state index contributed by atoms with van der Waals surface area (Å²) in [4.78, 5) is 13.1. The fraction of sp³-hybridized carbons (Fsp3) is 0.250. The van der Waals surface area contributed by atoms with Crippen LogP contribution >= 0.6 is 35.0 Å². The van der Waals surface area contributed by atoms with E-state index in [2.05, 4.69) is 14.9 Å². The van der Waals surface area contributed by atoms with Crippen molar-refractivity contribution in [3.63, 3.8) is 0 Å². The molecule has 0 radical (unpaired) electrons. The quantitative estimate of drug-likeness (QED) is 0.751. The Morgan fingerprint density at radius 1 is 1.21 bits per heavy atom. The Bertz CT molecular complexity index is 897. The first-order valence-electron chi connectivity index (χ1n) is 7.58. The highest BCUT2D eigenvalue weighted by Crippen LogP contribution is 2.38. The van der Waals surface area contributed by atoms with Gasteiger partial charge in [0.1, 0.15) is 0 Å². The van der Waals surface area contributed by atoms with E-state index in [1.807, 2.05) is 28.9 Å². The third-order valence-electron chi connectivity index (χ3n) is 4.02. The number of rotatable bonds is 3. The highest BCUT2D eigenvalue weighted by molar-refractivity contribution is 7.99. The van der Waals surface area contributed by atoms with Gasteiger partial charge in [-0.15, -0.1) is 0 Å². The molecule has 1 unspecified atom stereocenters. The standard InChI is InChI=1S/C16H15Cl2N5S/c17-11-2-1-3-12(14(11)18)24-13-8-21-16(22-6-4-10(19)9-22)23-7-5-20-15(13)23/h1-3,5,7-8,10H,4,6,9,19H2. The maximum Gasteiger partial charge on any atom is 0.211 e.